The molecule has 1 aromatic carbocycles. The number of aryl methyl sites for hydroxylation is 1. The molecule has 0 aromatic heterocycles. The lowest BCUT2D eigenvalue weighted by atomic mass is 10.1. The van der Waals surface area contributed by atoms with Crippen molar-refractivity contribution in [2.75, 3.05) is 13.1 Å². The molecule has 1 atom stereocenters. The van der Waals surface area contributed by atoms with Gasteiger partial charge in [-0.1, -0.05) is 42.0 Å². The molecule has 26 heavy (non-hydrogen) atoms. The first-order valence-electron chi connectivity index (χ1n) is 9.17. The molecular formula is C22H26N2O2. The van der Waals surface area contributed by atoms with E-state index in [1.165, 1.54) is 30.0 Å². The number of carbonyl (C=O) groups is 1. The van der Waals surface area contributed by atoms with E-state index in [9.17, 15) is 4.79 Å². The predicted octanol–water partition coefficient (Wildman–Crippen LogP) is 3.87. The fourth-order valence-corrected chi connectivity index (χ4v) is 3.39. The van der Waals surface area contributed by atoms with E-state index in [0.29, 0.717) is 0 Å². The highest BCUT2D eigenvalue weighted by atomic mass is 16.4. The molecule has 4 nitrogen and oxygen atoms in total. The SMILES string of the molecule is Cc1ccc(C/C=C/N2C(/C=C/C(=O)O)=CC=CC2N2CCCC2)cc1. The van der Waals surface area contributed by atoms with Crippen molar-refractivity contribution >= 4 is 5.97 Å². The monoisotopic (exact) mass is 350 g/mol. The Morgan fingerprint density at radius 3 is 2.65 bits per heavy atom. The lowest BCUT2D eigenvalue weighted by Crippen LogP contribution is -2.43. The third-order valence-corrected chi connectivity index (χ3v) is 4.78. The van der Waals surface area contributed by atoms with Crippen LogP contribution in [0.4, 0.5) is 0 Å². The molecule has 0 amide bonds. The zero-order valence-electron chi connectivity index (χ0n) is 15.2. The van der Waals surface area contributed by atoms with Gasteiger partial charge in [0.15, 0.2) is 0 Å². The molecule has 2 heterocycles. The number of hydrogen-bond acceptors (Lipinski definition) is 3. The topological polar surface area (TPSA) is 43.8 Å². The summed E-state index contributed by atoms with van der Waals surface area (Å²) in [7, 11) is 0. The van der Waals surface area contributed by atoms with Crippen molar-refractivity contribution in [2.45, 2.75) is 32.4 Å². The van der Waals surface area contributed by atoms with Crippen LogP contribution in [0.1, 0.15) is 24.0 Å². The van der Waals surface area contributed by atoms with Gasteiger partial charge in [0, 0.05) is 31.1 Å². The number of likely N-dealkylation sites (tertiary alicyclic amines) is 1. The van der Waals surface area contributed by atoms with E-state index in [-0.39, 0.29) is 6.17 Å². The summed E-state index contributed by atoms with van der Waals surface area (Å²) < 4.78 is 0. The summed E-state index contributed by atoms with van der Waals surface area (Å²) in [6, 6.07) is 8.55. The van der Waals surface area contributed by atoms with Crippen LogP contribution in [0.15, 0.2) is 72.6 Å². The minimum Gasteiger partial charge on any atom is -0.478 e. The lowest BCUT2D eigenvalue weighted by molar-refractivity contribution is -0.131. The van der Waals surface area contributed by atoms with Gasteiger partial charge in [-0.25, -0.2) is 4.79 Å². The molecule has 1 fully saturated rings. The van der Waals surface area contributed by atoms with Crippen molar-refractivity contribution in [1.82, 2.24) is 9.80 Å². The van der Waals surface area contributed by atoms with Gasteiger partial charge in [-0.15, -0.1) is 0 Å². The van der Waals surface area contributed by atoms with Gasteiger partial charge >= 0.3 is 5.97 Å². The van der Waals surface area contributed by atoms with E-state index >= 15 is 0 Å². The fraction of sp³-hybridized carbons (Fsp3) is 0.318. The maximum absolute atomic E-state index is 10.9. The average molecular weight is 350 g/mol. The molecule has 0 radical (unpaired) electrons. The van der Waals surface area contributed by atoms with Crippen LogP contribution >= 0.6 is 0 Å². The molecule has 4 heteroatoms. The maximum Gasteiger partial charge on any atom is 0.328 e. The standard InChI is InChI=1S/C22H26N2O2/c1-18-9-11-19(12-10-18)6-5-17-24-20(13-14-22(25)26)7-4-8-21(24)23-15-2-3-16-23/h4-5,7-14,17,21H,2-3,6,15-16H2,1H3,(H,25,26)/b14-13+,17-5+. The highest BCUT2D eigenvalue weighted by Crippen LogP contribution is 2.24. The molecule has 0 saturated carbocycles. The van der Waals surface area contributed by atoms with Gasteiger partial charge in [0.1, 0.15) is 6.17 Å². The summed E-state index contributed by atoms with van der Waals surface area (Å²) in [5, 5.41) is 8.98. The Morgan fingerprint density at radius 2 is 1.96 bits per heavy atom. The van der Waals surface area contributed by atoms with Gasteiger partial charge in [-0.3, -0.25) is 4.90 Å². The number of nitrogens with zero attached hydrogens (tertiary/aromatic N) is 2. The number of carboxylic acid groups (broad SMARTS) is 1. The number of benzene rings is 1. The van der Waals surface area contributed by atoms with E-state index in [0.717, 1.165) is 25.2 Å². The number of hydrogen-bond donors (Lipinski definition) is 1. The minimum absolute atomic E-state index is 0.144. The third kappa shape index (κ3) is 4.73. The maximum atomic E-state index is 10.9. The van der Waals surface area contributed by atoms with Gasteiger partial charge in [0.2, 0.25) is 0 Å². The van der Waals surface area contributed by atoms with Crippen LogP contribution < -0.4 is 0 Å². The van der Waals surface area contributed by atoms with Crippen molar-refractivity contribution in [3.8, 4) is 0 Å². The highest BCUT2D eigenvalue weighted by Gasteiger charge is 2.26. The van der Waals surface area contributed by atoms with E-state index in [2.05, 4.69) is 59.3 Å². The Balaban J connectivity index is 1.77. The molecule has 2 aliphatic heterocycles. The molecule has 1 unspecified atom stereocenters. The Labute approximate surface area is 155 Å². The molecular weight excluding hydrogens is 324 g/mol. The average Bonchev–Trinajstić information content (AvgIpc) is 3.16. The fourth-order valence-electron chi connectivity index (χ4n) is 3.39. The van der Waals surface area contributed by atoms with E-state index in [1.807, 2.05) is 12.2 Å². The molecule has 1 N–H and O–H groups in total. The van der Waals surface area contributed by atoms with Crippen LogP contribution in [-0.2, 0) is 11.2 Å². The summed E-state index contributed by atoms with van der Waals surface area (Å²) in [6.45, 7) is 4.24. The molecule has 1 saturated heterocycles. The number of rotatable bonds is 6. The molecule has 0 spiro atoms. The van der Waals surface area contributed by atoms with Crippen LogP contribution in [0, 0.1) is 6.92 Å². The Kier molecular flexibility index (Phi) is 6.08. The molecule has 0 bridgehead atoms. The summed E-state index contributed by atoms with van der Waals surface area (Å²) in [5.74, 6) is -0.929. The molecule has 2 aliphatic rings. The largest absolute Gasteiger partial charge is 0.478 e. The first-order chi connectivity index (χ1) is 12.6. The number of aliphatic carboxylic acids is 1. The zero-order valence-corrected chi connectivity index (χ0v) is 15.2. The van der Waals surface area contributed by atoms with Gasteiger partial charge in [-0.2, -0.15) is 0 Å². The van der Waals surface area contributed by atoms with Gasteiger partial charge < -0.3 is 10.0 Å². The van der Waals surface area contributed by atoms with E-state index < -0.39 is 5.97 Å². The zero-order chi connectivity index (χ0) is 18.4. The molecule has 136 valence electrons. The van der Waals surface area contributed by atoms with Crippen LogP contribution in [-0.4, -0.2) is 40.1 Å². The van der Waals surface area contributed by atoms with Crippen molar-refractivity contribution in [3.63, 3.8) is 0 Å². The highest BCUT2D eigenvalue weighted by molar-refractivity contribution is 5.80. The Bertz CT molecular complexity index is 738. The first kappa shape index (κ1) is 18.2. The van der Waals surface area contributed by atoms with E-state index in [4.69, 9.17) is 5.11 Å². The first-order valence-corrected chi connectivity index (χ1v) is 9.17. The molecule has 3 rings (SSSR count). The molecule has 1 aromatic rings. The van der Waals surface area contributed by atoms with Gasteiger partial charge in [-0.05, 0) is 50.0 Å². The van der Waals surface area contributed by atoms with Crippen molar-refractivity contribution in [3.05, 3.63) is 83.7 Å². The van der Waals surface area contributed by atoms with Crippen LogP contribution in [0.2, 0.25) is 0 Å². The summed E-state index contributed by atoms with van der Waals surface area (Å²) in [6.07, 6.45) is 16.7. The summed E-state index contributed by atoms with van der Waals surface area (Å²) >= 11 is 0. The van der Waals surface area contributed by atoms with Gasteiger partial charge in [0.05, 0.1) is 0 Å². The Hall–Kier alpha value is -2.59. The summed E-state index contributed by atoms with van der Waals surface area (Å²) in [4.78, 5) is 15.5. The minimum atomic E-state index is -0.929. The Morgan fingerprint density at radius 1 is 1.23 bits per heavy atom. The van der Waals surface area contributed by atoms with Crippen molar-refractivity contribution in [1.29, 1.82) is 0 Å². The number of allylic oxidation sites excluding steroid dienone is 4. The van der Waals surface area contributed by atoms with Crippen LogP contribution in [0.3, 0.4) is 0 Å². The smallest absolute Gasteiger partial charge is 0.328 e. The van der Waals surface area contributed by atoms with Gasteiger partial charge in [0.25, 0.3) is 0 Å². The lowest BCUT2D eigenvalue weighted by Gasteiger charge is -2.37. The van der Waals surface area contributed by atoms with E-state index in [1.54, 1.807) is 6.08 Å². The second kappa shape index (κ2) is 8.68. The quantitative estimate of drug-likeness (QED) is 0.791. The number of carboxylic acids is 1. The second-order valence-electron chi connectivity index (χ2n) is 6.79. The summed E-state index contributed by atoms with van der Waals surface area (Å²) in [5.41, 5.74) is 3.42. The third-order valence-electron chi connectivity index (χ3n) is 4.78. The molecule has 0 aliphatic carbocycles. The van der Waals surface area contributed by atoms with Crippen LogP contribution in [0.25, 0.3) is 0 Å². The predicted molar refractivity (Wildman–Crippen MR) is 104 cm³/mol. The van der Waals surface area contributed by atoms with Crippen molar-refractivity contribution in [2.24, 2.45) is 0 Å². The normalized spacial score (nSPS) is 21.0. The van der Waals surface area contributed by atoms with Crippen LogP contribution in [0.5, 0.6) is 0 Å². The second-order valence-corrected chi connectivity index (χ2v) is 6.79. The van der Waals surface area contributed by atoms with Crippen molar-refractivity contribution < 1.29 is 9.90 Å².